The molecule has 168 valence electrons. The van der Waals surface area contributed by atoms with Crippen molar-refractivity contribution in [3.05, 3.63) is 57.9 Å². The summed E-state index contributed by atoms with van der Waals surface area (Å²) >= 11 is 0. The molecule has 32 heavy (non-hydrogen) atoms. The minimum absolute atomic E-state index is 0.143. The first-order chi connectivity index (χ1) is 15.5. The summed E-state index contributed by atoms with van der Waals surface area (Å²) in [6.07, 6.45) is 5.22. The Morgan fingerprint density at radius 2 is 2.06 bits per heavy atom. The van der Waals surface area contributed by atoms with Gasteiger partial charge in [0.25, 0.3) is 11.5 Å². The largest absolute Gasteiger partial charge is 0.367 e. The molecule has 4 heterocycles. The molecule has 9 nitrogen and oxygen atoms in total. The summed E-state index contributed by atoms with van der Waals surface area (Å²) < 4.78 is 0. The molecular formula is C23H29N7O2. The van der Waals surface area contributed by atoms with Crippen LogP contribution in [-0.4, -0.2) is 63.5 Å². The van der Waals surface area contributed by atoms with Crippen LogP contribution < -0.4 is 15.8 Å². The van der Waals surface area contributed by atoms with Gasteiger partial charge in [0.2, 0.25) is 0 Å². The first-order valence-corrected chi connectivity index (χ1v) is 11.1. The molecule has 0 saturated carbocycles. The van der Waals surface area contributed by atoms with Gasteiger partial charge in [0.1, 0.15) is 11.4 Å². The minimum Gasteiger partial charge on any atom is -0.367 e. The van der Waals surface area contributed by atoms with Crippen LogP contribution in [-0.2, 0) is 13.0 Å². The smallest absolute Gasteiger partial charge is 0.270 e. The topological polar surface area (TPSA) is 107 Å². The zero-order chi connectivity index (χ0) is 22.7. The van der Waals surface area contributed by atoms with Crippen LogP contribution in [0.25, 0.3) is 11.2 Å². The summed E-state index contributed by atoms with van der Waals surface area (Å²) in [5.41, 5.74) is 4.13. The Balaban J connectivity index is 1.46. The number of nitrogens with one attached hydrogen (secondary N) is 2. The van der Waals surface area contributed by atoms with Crippen molar-refractivity contribution in [3.63, 3.8) is 0 Å². The third-order valence-corrected chi connectivity index (χ3v) is 6.04. The Hall–Kier alpha value is -3.33. The first kappa shape index (κ1) is 21.9. The van der Waals surface area contributed by atoms with Crippen LogP contribution in [0.2, 0.25) is 0 Å². The fourth-order valence-corrected chi connectivity index (χ4v) is 4.17. The van der Waals surface area contributed by atoms with Gasteiger partial charge in [-0.25, -0.2) is 15.0 Å². The zero-order valence-electron chi connectivity index (χ0n) is 18.8. The van der Waals surface area contributed by atoms with Gasteiger partial charge in [-0.15, -0.1) is 0 Å². The summed E-state index contributed by atoms with van der Waals surface area (Å²) in [6, 6.07) is 6.08. The van der Waals surface area contributed by atoms with Crippen LogP contribution in [0.1, 0.15) is 42.0 Å². The normalized spacial score (nSPS) is 17.0. The molecule has 0 unspecified atom stereocenters. The SMILES string of the molecule is CCc1nc2ncc(CN3CCN(c4ccc(C(=O)NC)nc4)C[C@@H]3CC)cc2[nH]c1=O. The van der Waals surface area contributed by atoms with E-state index in [1.807, 2.05) is 25.3 Å². The molecule has 2 N–H and O–H groups in total. The van der Waals surface area contributed by atoms with E-state index in [9.17, 15) is 9.59 Å². The number of amides is 1. The van der Waals surface area contributed by atoms with Crippen molar-refractivity contribution in [2.24, 2.45) is 0 Å². The van der Waals surface area contributed by atoms with E-state index < -0.39 is 0 Å². The second-order valence-corrected chi connectivity index (χ2v) is 8.04. The standard InChI is InChI=1S/C23H29N7O2/c1-4-16-14-30(17-6-7-19(25-12-17)22(31)24-3)9-8-29(16)13-15-10-20-21(26-11-15)27-18(5-2)23(32)28-20/h6-7,10-12,16H,4-5,8-9,13-14H2,1-3H3,(H,24,31)(H,28,32)/t16-/m0/s1. The Labute approximate surface area is 186 Å². The molecule has 3 aromatic rings. The Kier molecular flexibility index (Phi) is 6.45. The molecule has 0 aromatic carbocycles. The van der Waals surface area contributed by atoms with Crippen LogP contribution in [0, 0.1) is 0 Å². The summed E-state index contributed by atoms with van der Waals surface area (Å²) in [5.74, 6) is -0.181. The van der Waals surface area contributed by atoms with E-state index in [1.165, 1.54) is 0 Å². The maximum Gasteiger partial charge on any atom is 0.270 e. The molecule has 9 heteroatoms. The fourth-order valence-electron chi connectivity index (χ4n) is 4.17. The van der Waals surface area contributed by atoms with E-state index in [0.717, 1.165) is 43.9 Å². The fraction of sp³-hybridized carbons (Fsp3) is 0.435. The average molecular weight is 436 g/mol. The molecule has 1 atom stereocenters. The van der Waals surface area contributed by atoms with Crippen LogP contribution in [0.5, 0.6) is 0 Å². The lowest BCUT2D eigenvalue weighted by Gasteiger charge is -2.42. The predicted molar refractivity (Wildman–Crippen MR) is 124 cm³/mol. The van der Waals surface area contributed by atoms with Gasteiger partial charge < -0.3 is 15.2 Å². The van der Waals surface area contributed by atoms with Crippen molar-refractivity contribution in [2.75, 3.05) is 31.6 Å². The van der Waals surface area contributed by atoms with Gasteiger partial charge in [0.15, 0.2) is 5.65 Å². The molecule has 1 saturated heterocycles. The lowest BCUT2D eigenvalue weighted by molar-refractivity contribution is 0.0958. The first-order valence-electron chi connectivity index (χ1n) is 11.1. The highest BCUT2D eigenvalue weighted by atomic mass is 16.1. The van der Waals surface area contributed by atoms with Gasteiger partial charge in [0, 0.05) is 45.5 Å². The Morgan fingerprint density at radius 3 is 2.75 bits per heavy atom. The lowest BCUT2D eigenvalue weighted by Crippen LogP contribution is -2.52. The predicted octanol–water partition coefficient (Wildman–Crippen LogP) is 1.74. The van der Waals surface area contributed by atoms with Crippen molar-refractivity contribution < 1.29 is 4.79 Å². The van der Waals surface area contributed by atoms with Gasteiger partial charge in [-0.05, 0) is 36.6 Å². The number of hydrogen-bond acceptors (Lipinski definition) is 7. The zero-order valence-corrected chi connectivity index (χ0v) is 18.8. The van der Waals surface area contributed by atoms with Crippen molar-refractivity contribution in [3.8, 4) is 0 Å². The van der Waals surface area contributed by atoms with Crippen LogP contribution in [0.15, 0.2) is 35.4 Å². The number of hydrogen-bond donors (Lipinski definition) is 2. The number of rotatable bonds is 6. The number of fused-ring (bicyclic) bond motifs is 1. The Bertz CT molecular complexity index is 1160. The van der Waals surface area contributed by atoms with Crippen molar-refractivity contribution >= 4 is 22.8 Å². The molecular weight excluding hydrogens is 406 g/mol. The molecule has 1 amide bonds. The Morgan fingerprint density at radius 1 is 1.22 bits per heavy atom. The summed E-state index contributed by atoms with van der Waals surface area (Å²) in [6.45, 7) is 7.53. The number of pyridine rings is 2. The van der Waals surface area contributed by atoms with E-state index in [0.29, 0.717) is 35.0 Å². The summed E-state index contributed by atoms with van der Waals surface area (Å²) in [5, 5.41) is 2.59. The van der Waals surface area contributed by atoms with Gasteiger partial charge in [-0.2, -0.15) is 0 Å². The van der Waals surface area contributed by atoms with E-state index >= 15 is 0 Å². The van der Waals surface area contributed by atoms with Gasteiger partial charge >= 0.3 is 0 Å². The second kappa shape index (κ2) is 9.44. The molecule has 0 spiro atoms. The molecule has 1 aliphatic rings. The molecule has 3 aromatic heterocycles. The number of aromatic nitrogens is 4. The number of nitrogens with zero attached hydrogens (tertiary/aromatic N) is 5. The monoisotopic (exact) mass is 435 g/mol. The number of carbonyl (C=O) groups is 1. The second-order valence-electron chi connectivity index (χ2n) is 8.04. The number of aryl methyl sites for hydroxylation is 1. The highest BCUT2D eigenvalue weighted by Gasteiger charge is 2.26. The molecule has 1 aliphatic heterocycles. The molecule has 0 bridgehead atoms. The third-order valence-electron chi connectivity index (χ3n) is 6.04. The van der Waals surface area contributed by atoms with Crippen LogP contribution >= 0.6 is 0 Å². The highest BCUT2D eigenvalue weighted by molar-refractivity contribution is 5.92. The van der Waals surface area contributed by atoms with E-state index in [4.69, 9.17) is 0 Å². The quantitative estimate of drug-likeness (QED) is 0.607. The van der Waals surface area contributed by atoms with Gasteiger partial charge in [-0.3, -0.25) is 14.5 Å². The third kappa shape index (κ3) is 4.47. The van der Waals surface area contributed by atoms with Crippen molar-refractivity contribution in [2.45, 2.75) is 39.3 Å². The minimum atomic E-state index is -0.181. The van der Waals surface area contributed by atoms with Crippen molar-refractivity contribution in [1.29, 1.82) is 0 Å². The number of piperazine rings is 1. The highest BCUT2D eigenvalue weighted by Crippen LogP contribution is 2.22. The maximum atomic E-state index is 12.1. The van der Waals surface area contributed by atoms with E-state index in [-0.39, 0.29) is 11.5 Å². The number of anilines is 1. The van der Waals surface area contributed by atoms with Crippen molar-refractivity contribution in [1.82, 2.24) is 30.2 Å². The molecule has 4 rings (SSSR count). The molecule has 1 fully saturated rings. The van der Waals surface area contributed by atoms with E-state index in [2.05, 4.69) is 42.0 Å². The number of H-pyrrole nitrogens is 1. The molecule has 0 aliphatic carbocycles. The molecule has 0 radical (unpaired) electrons. The van der Waals surface area contributed by atoms with Crippen LogP contribution in [0.3, 0.4) is 0 Å². The number of carbonyl (C=O) groups excluding carboxylic acids is 1. The lowest BCUT2D eigenvalue weighted by atomic mass is 10.1. The average Bonchev–Trinajstić information content (AvgIpc) is 2.83. The van der Waals surface area contributed by atoms with Gasteiger partial charge in [0.05, 0.1) is 17.4 Å². The number of aromatic amines is 1. The van der Waals surface area contributed by atoms with Crippen LogP contribution in [0.4, 0.5) is 5.69 Å². The summed E-state index contributed by atoms with van der Waals surface area (Å²) in [4.78, 5) is 44.7. The maximum absolute atomic E-state index is 12.1. The van der Waals surface area contributed by atoms with E-state index in [1.54, 1.807) is 19.3 Å². The van der Waals surface area contributed by atoms with Gasteiger partial charge in [-0.1, -0.05) is 13.8 Å². The summed E-state index contributed by atoms with van der Waals surface area (Å²) in [7, 11) is 1.60.